The van der Waals surface area contributed by atoms with Crippen LogP contribution in [0.4, 0.5) is 11.4 Å². The molecule has 3 rings (SSSR count). The van der Waals surface area contributed by atoms with Gasteiger partial charge >= 0.3 is 0 Å². The van der Waals surface area contributed by atoms with E-state index >= 15 is 0 Å². The van der Waals surface area contributed by atoms with Crippen molar-refractivity contribution in [3.63, 3.8) is 0 Å². The Hall–Kier alpha value is -1.81. The van der Waals surface area contributed by atoms with Crippen molar-refractivity contribution < 1.29 is 5.11 Å². The number of anilines is 2. The molecule has 1 aromatic carbocycles. The zero-order valence-corrected chi connectivity index (χ0v) is 10.9. The summed E-state index contributed by atoms with van der Waals surface area (Å²) >= 11 is 0. The van der Waals surface area contributed by atoms with Gasteiger partial charge in [-0.05, 0) is 37.1 Å². The first-order chi connectivity index (χ1) is 9.18. The summed E-state index contributed by atoms with van der Waals surface area (Å²) in [7, 11) is 0. The molecule has 1 fully saturated rings. The third kappa shape index (κ3) is 2.36. The number of nitrogens with two attached hydrogens (primary N) is 1. The Balaban J connectivity index is 1.87. The average Bonchev–Trinajstić information content (AvgIpc) is 2.86. The van der Waals surface area contributed by atoms with Gasteiger partial charge in [-0.1, -0.05) is 12.8 Å². The van der Waals surface area contributed by atoms with Crippen LogP contribution >= 0.6 is 0 Å². The maximum atomic E-state index is 10.4. The van der Waals surface area contributed by atoms with Crippen LogP contribution in [-0.2, 0) is 0 Å². The van der Waals surface area contributed by atoms with Gasteiger partial charge in [0.1, 0.15) is 0 Å². The number of hydrogen-bond donors (Lipinski definition) is 3. The molecule has 19 heavy (non-hydrogen) atoms. The maximum absolute atomic E-state index is 10.4. The molecule has 1 aliphatic rings. The lowest BCUT2D eigenvalue weighted by Crippen LogP contribution is -2.33. The average molecular weight is 257 g/mol. The number of nitrogen functional groups attached to an aromatic ring is 1. The largest absolute Gasteiger partial charge is 0.398 e. The van der Waals surface area contributed by atoms with Gasteiger partial charge in [0.25, 0.3) is 0 Å². The lowest BCUT2D eigenvalue weighted by molar-refractivity contribution is 0.0615. The fraction of sp³-hybridized carbons (Fsp3) is 0.400. The van der Waals surface area contributed by atoms with E-state index in [2.05, 4.69) is 10.3 Å². The summed E-state index contributed by atoms with van der Waals surface area (Å²) in [4.78, 5) is 4.39. The molecule has 0 radical (unpaired) electrons. The van der Waals surface area contributed by atoms with Crippen molar-refractivity contribution in [2.24, 2.45) is 0 Å². The van der Waals surface area contributed by atoms with Crippen molar-refractivity contribution in [2.75, 3.05) is 17.6 Å². The molecule has 0 aliphatic heterocycles. The number of nitrogens with zero attached hydrogens (tertiary/aromatic N) is 1. The quantitative estimate of drug-likeness (QED) is 0.739. The van der Waals surface area contributed by atoms with Crippen LogP contribution in [0.3, 0.4) is 0 Å². The first-order valence-corrected chi connectivity index (χ1v) is 6.77. The molecule has 100 valence electrons. The molecule has 2 aromatic rings. The summed E-state index contributed by atoms with van der Waals surface area (Å²) in [5.41, 5.74) is 7.92. The number of nitrogens with one attached hydrogen (secondary N) is 1. The molecule has 4 N–H and O–H groups in total. The van der Waals surface area contributed by atoms with Crippen molar-refractivity contribution in [2.45, 2.75) is 31.3 Å². The molecule has 0 atom stereocenters. The van der Waals surface area contributed by atoms with Gasteiger partial charge < -0.3 is 16.2 Å². The summed E-state index contributed by atoms with van der Waals surface area (Å²) < 4.78 is 0. The Kier molecular flexibility index (Phi) is 3.03. The van der Waals surface area contributed by atoms with Gasteiger partial charge in [0.15, 0.2) is 0 Å². The van der Waals surface area contributed by atoms with Gasteiger partial charge in [0.2, 0.25) is 0 Å². The third-order valence-corrected chi connectivity index (χ3v) is 3.95. The Labute approximate surface area is 112 Å². The Morgan fingerprint density at radius 1 is 1.26 bits per heavy atom. The first-order valence-electron chi connectivity index (χ1n) is 6.77. The normalized spacial score (nSPS) is 17.7. The minimum Gasteiger partial charge on any atom is -0.398 e. The maximum Gasteiger partial charge on any atom is 0.0953 e. The van der Waals surface area contributed by atoms with Gasteiger partial charge in [-0.3, -0.25) is 4.98 Å². The highest BCUT2D eigenvalue weighted by molar-refractivity contribution is 5.98. The van der Waals surface area contributed by atoms with Gasteiger partial charge in [0.05, 0.1) is 16.8 Å². The number of benzene rings is 1. The van der Waals surface area contributed by atoms with Crippen molar-refractivity contribution in [3.8, 4) is 0 Å². The Morgan fingerprint density at radius 3 is 2.84 bits per heavy atom. The molecule has 1 aromatic heterocycles. The van der Waals surface area contributed by atoms with Crippen LogP contribution in [0.2, 0.25) is 0 Å². The standard InChI is InChI=1S/C15H19N3O/c16-12-5-6-13(14-11(12)4-3-9-17-14)18-10-15(19)7-1-2-8-15/h3-6,9,18-19H,1-2,7-8,10,16H2. The second-order valence-corrected chi connectivity index (χ2v) is 5.39. The minimum atomic E-state index is -0.567. The molecular weight excluding hydrogens is 238 g/mol. The number of pyridine rings is 1. The molecule has 1 saturated carbocycles. The van der Waals surface area contributed by atoms with E-state index < -0.39 is 5.60 Å². The van der Waals surface area contributed by atoms with Crippen LogP contribution in [0, 0.1) is 0 Å². The van der Waals surface area contributed by atoms with Crippen LogP contribution < -0.4 is 11.1 Å². The van der Waals surface area contributed by atoms with Crippen molar-refractivity contribution in [1.82, 2.24) is 4.98 Å². The van der Waals surface area contributed by atoms with Gasteiger partial charge in [-0.2, -0.15) is 0 Å². The molecule has 0 unspecified atom stereocenters. The van der Waals surface area contributed by atoms with Crippen LogP contribution in [-0.4, -0.2) is 22.2 Å². The number of aromatic nitrogens is 1. The van der Waals surface area contributed by atoms with Crippen LogP contribution in [0.1, 0.15) is 25.7 Å². The summed E-state index contributed by atoms with van der Waals surface area (Å²) in [5, 5.41) is 14.7. The SMILES string of the molecule is Nc1ccc(NCC2(O)CCCC2)c2ncccc12. The Morgan fingerprint density at radius 2 is 2.05 bits per heavy atom. The van der Waals surface area contributed by atoms with E-state index in [0.29, 0.717) is 6.54 Å². The number of fused-ring (bicyclic) bond motifs is 1. The van der Waals surface area contributed by atoms with Crippen molar-refractivity contribution in [1.29, 1.82) is 0 Å². The van der Waals surface area contributed by atoms with Crippen LogP contribution in [0.15, 0.2) is 30.5 Å². The molecular formula is C15H19N3O. The summed E-state index contributed by atoms with van der Waals surface area (Å²) in [6.45, 7) is 0.572. The highest BCUT2D eigenvalue weighted by atomic mass is 16.3. The monoisotopic (exact) mass is 257 g/mol. The van der Waals surface area contributed by atoms with E-state index in [9.17, 15) is 5.11 Å². The summed E-state index contributed by atoms with van der Waals surface area (Å²) in [6, 6.07) is 7.66. The minimum absolute atomic E-state index is 0.567. The fourth-order valence-corrected chi connectivity index (χ4v) is 2.81. The lowest BCUT2D eigenvalue weighted by atomic mass is 10.0. The molecule has 0 amide bonds. The second kappa shape index (κ2) is 4.70. The fourth-order valence-electron chi connectivity index (χ4n) is 2.81. The smallest absolute Gasteiger partial charge is 0.0953 e. The number of aliphatic hydroxyl groups is 1. The van der Waals surface area contributed by atoms with E-state index in [1.165, 1.54) is 0 Å². The van der Waals surface area contributed by atoms with E-state index in [1.807, 2.05) is 24.3 Å². The van der Waals surface area contributed by atoms with E-state index in [0.717, 1.165) is 48.0 Å². The topological polar surface area (TPSA) is 71.2 Å². The zero-order chi connectivity index (χ0) is 13.3. The summed E-state index contributed by atoms with van der Waals surface area (Å²) in [5.74, 6) is 0. The van der Waals surface area contributed by atoms with Crippen LogP contribution in [0.5, 0.6) is 0 Å². The predicted octanol–water partition coefficient (Wildman–Crippen LogP) is 2.53. The molecule has 1 heterocycles. The third-order valence-electron chi connectivity index (χ3n) is 3.95. The summed E-state index contributed by atoms with van der Waals surface area (Å²) in [6.07, 6.45) is 5.73. The number of hydrogen-bond acceptors (Lipinski definition) is 4. The van der Waals surface area contributed by atoms with E-state index in [4.69, 9.17) is 5.73 Å². The van der Waals surface area contributed by atoms with E-state index in [-0.39, 0.29) is 0 Å². The molecule has 4 nitrogen and oxygen atoms in total. The van der Waals surface area contributed by atoms with Gasteiger partial charge in [-0.15, -0.1) is 0 Å². The Bertz CT molecular complexity index is 591. The first kappa shape index (κ1) is 12.2. The molecule has 1 aliphatic carbocycles. The number of rotatable bonds is 3. The van der Waals surface area contributed by atoms with E-state index in [1.54, 1.807) is 6.20 Å². The van der Waals surface area contributed by atoms with Crippen molar-refractivity contribution >= 4 is 22.3 Å². The predicted molar refractivity (Wildman–Crippen MR) is 78.1 cm³/mol. The second-order valence-electron chi connectivity index (χ2n) is 5.39. The van der Waals surface area contributed by atoms with Gasteiger partial charge in [0, 0.05) is 23.8 Å². The molecule has 4 heteroatoms. The molecule has 0 spiro atoms. The lowest BCUT2D eigenvalue weighted by Gasteiger charge is -2.23. The molecule has 0 saturated heterocycles. The van der Waals surface area contributed by atoms with Crippen LogP contribution in [0.25, 0.3) is 10.9 Å². The highest BCUT2D eigenvalue weighted by Gasteiger charge is 2.30. The zero-order valence-electron chi connectivity index (χ0n) is 10.9. The molecule has 0 bridgehead atoms. The highest BCUT2D eigenvalue weighted by Crippen LogP contribution is 2.31. The van der Waals surface area contributed by atoms with Crippen molar-refractivity contribution in [3.05, 3.63) is 30.5 Å². The van der Waals surface area contributed by atoms with Gasteiger partial charge in [-0.25, -0.2) is 0 Å².